The zero-order chi connectivity index (χ0) is 14.7. The van der Waals surface area contributed by atoms with E-state index in [9.17, 15) is 0 Å². The first-order valence-electron chi connectivity index (χ1n) is 8.73. The maximum atomic E-state index is 5.41. The minimum Gasteiger partial charge on any atom is -0.379 e. The molecule has 1 saturated heterocycles. The Bertz CT molecular complexity index is 454. The number of rotatable bonds is 5. The Labute approximate surface area is 129 Å². The molecule has 3 nitrogen and oxygen atoms in total. The van der Waals surface area contributed by atoms with Gasteiger partial charge in [-0.15, -0.1) is 0 Å². The van der Waals surface area contributed by atoms with Crippen molar-refractivity contribution < 1.29 is 4.74 Å². The van der Waals surface area contributed by atoms with Crippen LogP contribution in [0.25, 0.3) is 0 Å². The van der Waals surface area contributed by atoms with Crippen LogP contribution < -0.4 is 0 Å². The van der Waals surface area contributed by atoms with Crippen molar-refractivity contribution in [3.8, 4) is 0 Å². The van der Waals surface area contributed by atoms with E-state index in [1.807, 2.05) is 0 Å². The van der Waals surface area contributed by atoms with Crippen LogP contribution in [0.5, 0.6) is 0 Å². The lowest BCUT2D eigenvalue weighted by molar-refractivity contribution is 0.0374. The van der Waals surface area contributed by atoms with Crippen molar-refractivity contribution in [2.24, 2.45) is 0 Å². The summed E-state index contributed by atoms with van der Waals surface area (Å²) in [5.41, 5.74) is 4.58. The number of morpholine rings is 1. The molecule has 2 aliphatic rings. The summed E-state index contributed by atoms with van der Waals surface area (Å²) in [5.74, 6) is 0. The minimum absolute atomic E-state index is 0.776. The van der Waals surface area contributed by atoms with Crippen molar-refractivity contribution in [3.63, 3.8) is 0 Å². The van der Waals surface area contributed by atoms with E-state index >= 15 is 0 Å². The van der Waals surface area contributed by atoms with Gasteiger partial charge in [-0.25, -0.2) is 0 Å². The second-order valence-corrected chi connectivity index (χ2v) is 6.76. The van der Waals surface area contributed by atoms with E-state index in [2.05, 4.69) is 29.4 Å². The highest BCUT2D eigenvalue weighted by Crippen LogP contribution is 2.33. The molecule has 0 bridgehead atoms. The van der Waals surface area contributed by atoms with Crippen molar-refractivity contribution >= 4 is 0 Å². The summed E-state index contributed by atoms with van der Waals surface area (Å²) in [6.45, 7) is 9.89. The zero-order valence-corrected chi connectivity index (χ0v) is 13.7. The third-order valence-corrected chi connectivity index (χ3v) is 5.30. The van der Waals surface area contributed by atoms with Crippen molar-refractivity contribution in [1.29, 1.82) is 0 Å². The van der Waals surface area contributed by atoms with Crippen LogP contribution in [0.2, 0.25) is 0 Å². The molecule has 1 aliphatic carbocycles. The molecule has 0 spiro atoms. The lowest BCUT2D eigenvalue weighted by atomic mass is 10.1. The number of aryl methyl sites for hydroxylation is 2. The van der Waals surface area contributed by atoms with Crippen LogP contribution in [-0.2, 0) is 11.2 Å². The van der Waals surface area contributed by atoms with Gasteiger partial charge in [-0.2, -0.15) is 0 Å². The second kappa shape index (κ2) is 6.97. The smallest absolute Gasteiger partial charge is 0.0594 e. The monoisotopic (exact) mass is 290 g/mol. The highest BCUT2D eigenvalue weighted by atomic mass is 16.5. The summed E-state index contributed by atoms with van der Waals surface area (Å²) in [7, 11) is 0. The van der Waals surface area contributed by atoms with E-state index in [1.165, 1.54) is 56.5 Å². The third-order valence-electron chi connectivity index (χ3n) is 5.30. The van der Waals surface area contributed by atoms with Crippen LogP contribution in [0.1, 0.15) is 55.1 Å². The largest absolute Gasteiger partial charge is 0.379 e. The predicted octanol–water partition coefficient (Wildman–Crippen LogP) is 3.48. The highest BCUT2D eigenvalue weighted by Gasteiger charge is 2.21. The molecule has 1 aliphatic heterocycles. The van der Waals surface area contributed by atoms with Gasteiger partial charge in [-0.3, -0.25) is 4.90 Å². The van der Waals surface area contributed by atoms with Crippen LogP contribution >= 0.6 is 0 Å². The van der Waals surface area contributed by atoms with Crippen LogP contribution in [0, 0.1) is 13.8 Å². The summed E-state index contributed by atoms with van der Waals surface area (Å²) < 4.78 is 8.04. The van der Waals surface area contributed by atoms with Crippen molar-refractivity contribution in [2.45, 2.75) is 58.4 Å². The maximum absolute atomic E-state index is 5.41. The molecule has 0 N–H and O–H groups in total. The van der Waals surface area contributed by atoms with Gasteiger partial charge >= 0.3 is 0 Å². The fraction of sp³-hybridized carbons (Fsp3) is 0.778. The first-order valence-corrected chi connectivity index (χ1v) is 8.73. The number of ether oxygens (including phenoxy) is 1. The Kier molecular flexibility index (Phi) is 5.02. The van der Waals surface area contributed by atoms with Crippen molar-refractivity contribution in [2.75, 3.05) is 32.8 Å². The Morgan fingerprint density at radius 1 is 1.14 bits per heavy atom. The Hall–Kier alpha value is -0.800. The Morgan fingerprint density at radius 3 is 2.57 bits per heavy atom. The average Bonchev–Trinajstić information content (AvgIpc) is 3.09. The van der Waals surface area contributed by atoms with Gasteiger partial charge in [0, 0.05) is 30.5 Å². The average molecular weight is 290 g/mol. The standard InChI is InChI=1S/C18H30N2O/c1-15-14-17(6-5-9-19-10-12-21-13-11-19)16(2)20(15)18-7-3-4-8-18/h14,18H,3-13H2,1-2H3. The SMILES string of the molecule is Cc1cc(CCCN2CCOCC2)c(C)n1C1CCCC1. The molecular formula is C18H30N2O. The second-order valence-electron chi connectivity index (χ2n) is 6.76. The zero-order valence-electron chi connectivity index (χ0n) is 13.7. The number of aromatic nitrogens is 1. The number of nitrogens with zero attached hydrogens (tertiary/aromatic N) is 2. The van der Waals surface area contributed by atoms with Gasteiger partial charge in [-0.05, 0) is 57.7 Å². The topological polar surface area (TPSA) is 17.4 Å². The van der Waals surface area contributed by atoms with E-state index in [0.29, 0.717) is 0 Å². The van der Waals surface area contributed by atoms with Gasteiger partial charge in [0.05, 0.1) is 13.2 Å². The molecule has 2 heterocycles. The molecule has 118 valence electrons. The van der Waals surface area contributed by atoms with E-state index in [4.69, 9.17) is 4.74 Å². The van der Waals surface area contributed by atoms with Gasteiger partial charge in [0.25, 0.3) is 0 Å². The van der Waals surface area contributed by atoms with Gasteiger partial charge < -0.3 is 9.30 Å². The van der Waals surface area contributed by atoms with E-state index in [0.717, 1.165) is 32.3 Å². The molecule has 1 aromatic heterocycles. The molecule has 21 heavy (non-hydrogen) atoms. The minimum atomic E-state index is 0.776. The predicted molar refractivity (Wildman–Crippen MR) is 87.0 cm³/mol. The molecule has 1 aromatic rings. The molecule has 0 unspecified atom stereocenters. The lowest BCUT2D eigenvalue weighted by Crippen LogP contribution is -2.36. The van der Waals surface area contributed by atoms with E-state index < -0.39 is 0 Å². The summed E-state index contributed by atoms with van der Waals surface area (Å²) in [5, 5.41) is 0. The quantitative estimate of drug-likeness (QED) is 0.826. The van der Waals surface area contributed by atoms with Crippen LogP contribution in [0.4, 0.5) is 0 Å². The molecule has 3 heteroatoms. The molecular weight excluding hydrogens is 260 g/mol. The lowest BCUT2D eigenvalue weighted by Gasteiger charge is -2.26. The normalized spacial score (nSPS) is 21.2. The van der Waals surface area contributed by atoms with Gasteiger partial charge in [-0.1, -0.05) is 12.8 Å². The van der Waals surface area contributed by atoms with Gasteiger partial charge in [0.15, 0.2) is 0 Å². The third kappa shape index (κ3) is 3.51. The Balaban J connectivity index is 1.56. The molecule has 1 saturated carbocycles. The van der Waals surface area contributed by atoms with Crippen molar-refractivity contribution in [1.82, 2.24) is 9.47 Å². The first kappa shape index (κ1) is 15.1. The summed E-state index contributed by atoms with van der Waals surface area (Å²) in [6, 6.07) is 3.21. The van der Waals surface area contributed by atoms with Crippen LogP contribution in [0.3, 0.4) is 0 Å². The van der Waals surface area contributed by atoms with E-state index in [1.54, 1.807) is 5.56 Å². The molecule has 3 rings (SSSR count). The fourth-order valence-electron chi connectivity index (χ4n) is 4.14. The van der Waals surface area contributed by atoms with Crippen LogP contribution in [0.15, 0.2) is 6.07 Å². The summed E-state index contributed by atoms with van der Waals surface area (Å²) >= 11 is 0. The van der Waals surface area contributed by atoms with Gasteiger partial charge in [0.1, 0.15) is 0 Å². The van der Waals surface area contributed by atoms with Gasteiger partial charge in [0.2, 0.25) is 0 Å². The molecule has 0 amide bonds. The molecule has 0 atom stereocenters. The summed E-state index contributed by atoms with van der Waals surface area (Å²) in [6.07, 6.45) is 8.08. The highest BCUT2D eigenvalue weighted by molar-refractivity contribution is 5.28. The molecule has 0 aromatic carbocycles. The van der Waals surface area contributed by atoms with E-state index in [-0.39, 0.29) is 0 Å². The fourth-order valence-corrected chi connectivity index (χ4v) is 4.14. The number of hydrogen-bond donors (Lipinski definition) is 0. The molecule has 2 fully saturated rings. The first-order chi connectivity index (χ1) is 10.3. The maximum Gasteiger partial charge on any atom is 0.0594 e. The summed E-state index contributed by atoms with van der Waals surface area (Å²) in [4.78, 5) is 2.54. The number of hydrogen-bond acceptors (Lipinski definition) is 2. The molecule has 0 radical (unpaired) electrons. The van der Waals surface area contributed by atoms with Crippen LogP contribution in [-0.4, -0.2) is 42.3 Å². The van der Waals surface area contributed by atoms with Crippen molar-refractivity contribution in [3.05, 3.63) is 23.0 Å². The Morgan fingerprint density at radius 2 is 1.86 bits per heavy atom.